The molecule has 1 aliphatic carbocycles. The maximum absolute atomic E-state index is 14.1. The van der Waals surface area contributed by atoms with Crippen molar-refractivity contribution in [1.82, 2.24) is 10.4 Å². The third-order valence-electron chi connectivity index (χ3n) is 3.96. The molecule has 0 fully saturated rings. The summed E-state index contributed by atoms with van der Waals surface area (Å²) in [5.41, 5.74) is 4.78. The zero-order chi connectivity index (χ0) is 15.0. The number of hydrogen-bond acceptors (Lipinski definition) is 3. The van der Waals surface area contributed by atoms with Crippen molar-refractivity contribution in [3.05, 3.63) is 63.9 Å². The summed E-state index contributed by atoms with van der Waals surface area (Å²) in [6.45, 7) is 0. The summed E-state index contributed by atoms with van der Waals surface area (Å²) in [7, 11) is 0. The highest BCUT2D eigenvalue weighted by Crippen LogP contribution is 2.41. The number of halogens is 3. The number of nitrogens with zero attached hydrogens (tertiary/aromatic N) is 1. The van der Waals surface area contributed by atoms with Crippen LogP contribution in [-0.2, 0) is 6.42 Å². The maximum Gasteiger partial charge on any atom is 0.142 e. The number of aryl methyl sites for hydroxylation is 1. The van der Waals surface area contributed by atoms with Crippen LogP contribution in [0.15, 0.2) is 30.5 Å². The van der Waals surface area contributed by atoms with E-state index < -0.39 is 17.7 Å². The van der Waals surface area contributed by atoms with Gasteiger partial charge in [0.25, 0.3) is 0 Å². The van der Waals surface area contributed by atoms with Crippen LogP contribution in [0, 0.1) is 11.6 Å². The van der Waals surface area contributed by atoms with Crippen molar-refractivity contribution in [2.45, 2.75) is 24.8 Å². The molecule has 2 aromatic rings. The first-order valence-electron chi connectivity index (χ1n) is 6.66. The topological polar surface area (TPSA) is 50.9 Å². The quantitative estimate of drug-likeness (QED) is 0.520. The van der Waals surface area contributed by atoms with Crippen LogP contribution in [0.25, 0.3) is 0 Å². The molecule has 6 heteroatoms. The third kappa shape index (κ3) is 2.52. The van der Waals surface area contributed by atoms with Gasteiger partial charge in [0, 0.05) is 23.4 Å². The molecule has 2 atom stereocenters. The highest BCUT2D eigenvalue weighted by Gasteiger charge is 2.33. The standard InChI is InChI=1S/C15H14ClF2N3/c16-11-7-12(17)10(6-13(11)18)15(21-19)9-4-3-8-2-1-5-20-14(8)9/h1-2,5-7,9,15,21H,3-4,19H2. The van der Waals surface area contributed by atoms with Gasteiger partial charge in [0.05, 0.1) is 11.1 Å². The SMILES string of the molecule is NNC(c1cc(F)c(Cl)cc1F)C1CCc2cccnc21. The molecule has 0 spiro atoms. The highest BCUT2D eigenvalue weighted by atomic mass is 35.5. The number of aromatic nitrogens is 1. The largest absolute Gasteiger partial charge is 0.271 e. The lowest BCUT2D eigenvalue weighted by atomic mass is 9.91. The average molecular weight is 310 g/mol. The lowest BCUT2D eigenvalue weighted by molar-refractivity contribution is 0.426. The molecule has 1 heterocycles. The predicted molar refractivity (Wildman–Crippen MR) is 76.7 cm³/mol. The van der Waals surface area contributed by atoms with Gasteiger partial charge >= 0.3 is 0 Å². The lowest BCUT2D eigenvalue weighted by Gasteiger charge is -2.24. The minimum Gasteiger partial charge on any atom is -0.271 e. The van der Waals surface area contributed by atoms with Crippen molar-refractivity contribution in [3.63, 3.8) is 0 Å². The molecular formula is C15H14ClF2N3. The highest BCUT2D eigenvalue weighted by molar-refractivity contribution is 6.30. The fourth-order valence-electron chi connectivity index (χ4n) is 2.97. The van der Waals surface area contributed by atoms with Crippen LogP contribution in [0.1, 0.15) is 35.2 Å². The van der Waals surface area contributed by atoms with Crippen LogP contribution in [0.5, 0.6) is 0 Å². The van der Waals surface area contributed by atoms with E-state index >= 15 is 0 Å². The van der Waals surface area contributed by atoms with Crippen molar-refractivity contribution in [2.24, 2.45) is 5.84 Å². The third-order valence-corrected chi connectivity index (χ3v) is 4.25. The Kier molecular flexibility index (Phi) is 3.89. The molecule has 1 aromatic heterocycles. The van der Waals surface area contributed by atoms with Crippen LogP contribution in [-0.4, -0.2) is 4.98 Å². The van der Waals surface area contributed by atoms with Crippen molar-refractivity contribution in [3.8, 4) is 0 Å². The first-order valence-corrected chi connectivity index (χ1v) is 7.04. The first kappa shape index (κ1) is 14.4. The second-order valence-electron chi connectivity index (χ2n) is 5.13. The molecule has 110 valence electrons. The van der Waals surface area contributed by atoms with Gasteiger partial charge in [0.2, 0.25) is 0 Å². The molecule has 0 saturated carbocycles. The van der Waals surface area contributed by atoms with Gasteiger partial charge in [-0.2, -0.15) is 0 Å². The summed E-state index contributed by atoms with van der Waals surface area (Å²) in [4.78, 5) is 4.37. The van der Waals surface area contributed by atoms with Crippen LogP contribution in [0.4, 0.5) is 8.78 Å². The molecule has 21 heavy (non-hydrogen) atoms. The van der Waals surface area contributed by atoms with Gasteiger partial charge in [-0.15, -0.1) is 0 Å². The molecule has 1 aliphatic rings. The average Bonchev–Trinajstić information content (AvgIpc) is 2.89. The van der Waals surface area contributed by atoms with Gasteiger partial charge in [-0.25, -0.2) is 8.78 Å². The Bertz CT molecular complexity index is 678. The Morgan fingerprint density at radius 2 is 2.14 bits per heavy atom. The zero-order valence-corrected chi connectivity index (χ0v) is 11.9. The normalized spacial score (nSPS) is 18.6. The van der Waals surface area contributed by atoms with Crippen molar-refractivity contribution in [2.75, 3.05) is 0 Å². The summed E-state index contributed by atoms with van der Waals surface area (Å²) >= 11 is 5.60. The Hall–Kier alpha value is -1.56. The van der Waals surface area contributed by atoms with Crippen LogP contribution in [0.2, 0.25) is 5.02 Å². The van der Waals surface area contributed by atoms with E-state index in [9.17, 15) is 8.78 Å². The molecule has 2 unspecified atom stereocenters. The molecule has 3 nitrogen and oxygen atoms in total. The summed E-state index contributed by atoms with van der Waals surface area (Å²) in [6.07, 6.45) is 3.33. The first-order chi connectivity index (χ1) is 10.1. The Balaban J connectivity index is 2.03. The number of pyridine rings is 1. The van der Waals surface area contributed by atoms with E-state index in [4.69, 9.17) is 17.4 Å². The van der Waals surface area contributed by atoms with E-state index in [2.05, 4.69) is 10.4 Å². The van der Waals surface area contributed by atoms with Gasteiger partial charge in [-0.3, -0.25) is 16.3 Å². The lowest BCUT2D eigenvalue weighted by Crippen LogP contribution is -2.33. The summed E-state index contributed by atoms with van der Waals surface area (Å²) in [6, 6.07) is 5.39. The van der Waals surface area contributed by atoms with Crippen molar-refractivity contribution in [1.29, 1.82) is 0 Å². The number of nitrogens with two attached hydrogens (primary N) is 1. The second-order valence-corrected chi connectivity index (χ2v) is 5.53. The molecular weight excluding hydrogens is 296 g/mol. The Morgan fingerprint density at radius 1 is 1.33 bits per heavy atom. The van der Waals surface area contributed by atoms with Gasteiger partial charge in [0.1, 0.15) is 11.6 Å². The predicted octanol–water partition coefficient (Wildman–Crippen LogP) is 3.25. The Labute approximate surface area is 126 Å². The molecule has 0 saturated heterocycles. The van der Waals surface area contributed by atoms with Gasteiger partial charge in [0.15, 0.2) is 0 Å². The number of fused-ring (bicyclic) bond motifs is 1. The molecule has 1 aromatic carbocycles. The van der Waals surface area contributed by atoms with Crippen molar-refractivity contribution >= 4 is 11.6 Å². The molecule has 0 amide bonds. The van der Waals surface area contributed by atoms with Crippen LogP contribution in [0.3, 0.4) is 0 Å². The van der Waals surface area contributed by atoms with Crippen LogP contribution < -0.4 is 11.3 Å². The zero-order valence-electron chi connectivity index (χ0n) is 11.1. The Morgan fingerprint density at radius 3 is 2.90 bits per heavy atom. The monoisotopic (exact) mass is 309 g/mol. The minimum atomic E-state index is -0.660. The minimum absolute atomic E-state index is 0.0960. The van der Waals surface area contributed by atoms with Gasteiger partial charge in [-0.1, -0.05) is 17.7 Å². The number of nitrogens with one attached hydrogen (secondary N) is 1. The summed E-state index contributed by atoms with van der Waals surface area (Å²) in [5, 5.41) is -0.239. The fraction of sp³-hybridized carbons (Fsp3) is 0.267. The maximum atomic E-state index is 14.1. The second kappa shape index (κ2) is 5.67. The summed E-state index contributed by atoms with van der Waals surface area (Å²) in [5.74, 6) is 4.27. The molecule has 3 N–H and O–H groups in total. The van der Waals surface area contributed by atoms with Crippen molar-refractivity contribution < 1.29 is 8.78 Å². The molecule has 0 bridgehead atoms. The number of hydrazine groups is 1. The van der Waals surface area contributed by atoms with Gasteiger partial charge < -0.3 is 0 Å². The molecule has 0 radical (unpaired) electrons. The van der Waals surface area contributed by atoms with E-state index in [1.807, 2.05) is 12.1 Å². The van der Waals surface area contributed by atoms with E-state index in [1.165, 1.54) is 0 Å². The molecule has 3 rings (SSSR count). The van der Waals surface area contributed by atoms with E-state index in [0.29, 0.717) is 0 Å². The molecule has 0 aliphatic heterocycles. The number of rotatable bonds is 3. The fourth-order valence-corrected chi connectivity index (χ4v) is 3.12. The number of benzene rings is 1. The summed E-state index contributed by atoms with van der Waals surface area (Å²) < 4.78 is 27.8. The number of hydrogen-bond donors (Lipinski definition) is 2. The van der Waals surface area contributed by atoms with E-state index in [1.54, 1.807) is 6.20 Å². The van der Waals surface area contributed by atoms with E-state index in [0.717, 1.165) is 36.2 Å². The van der Waals surface area contributed by atoms with Gasteiger partial charge in [-0.05, 0) is 36.6 Å². The van der Waals surface area contributed by atoms with Crippen LogP contribution >= 0.6 is 11.6 Å². The van der Waals surface area contributed by atoms with E-state index in [-0.39, 0.29) is 16.5 Å². The smallest absolute Gasteiger partial charge is 0.142 e.